The van der Waals surface area contributed by atoms with Crippen LogP contribution in [0.1, 0.15) is 13.8 Å². The molecule has 0 saturated carbocycles. The summed E-state index contributed by atoms with van der Waals surface area (Å²) < 4.78 is 0. The monoisotopic (exact) mass is 188 g/mol. The van der Waals surface area contributed by atoms with Crippen molar-refractivity contribution in [2.75, 3.05) is 0 Å². The minimum absolute atomic E-state index is 0.120. The molecule has 3 nitrogen and oxygen atoms in total. The van der Waals surface area contributed by atoms with Crippen LogP contribution in [0.5, 0.6) is 0 Å². The Bertz CT molecular complexity index is 386. The summed E-state index contributed by atoms with van der Waals surface area (Å²) in [6.45, 7) is 4.17. The summed E-state index contributed by atoms with van der Waals surface area (Å²) in [6.07, 6.45) is 7.13. The Balaban J connectivity index is 2.35. The second-order valence-electron chi connectivity index (χ2n) is 3.74. The molecule has 0 aliphatic carbocycles. The molecule has 0 bridgehead atoms. The number of hydrogen-bond acceptors (Lipinski definition) is 2. The predicted octanol–water partition coefficient (Wildman–Crippen LogP) is 1.76. The highest BCUT2D eigenvalue weighted by Crippen LogP contribution is 2.24. The van der Waals surface area contributed by atoms with E-state index in [0.29, 0.717) is 5.92 Å². The predicted molar refractivity (Wildman–Crippen MR) is 56.5 cm³/mol. The van der Waals surface area contributed by atoms with Crippen molar-refractivity contribution in [3.05, 3.63) is 23.9 Å². The zero-order valence-electron chi connectivity index (χ0n) is 8.27. The number of fused-ring (bicyclic) bond motifs is 1. The van der Waals surface area contributed by atoms with Crippen molar-refractivity contribution in [1.82, 2.24) is 0 Å². The normalized spacial score (nSPS) is 24.8. The van der Waals surface area contributed by atoms with E-state index >= 15 is 0 Å². The first kappa shape index (κ1) is 9.06. The molecule has 2 aliphatic rings. The summed E-state index contributed by atoms with van der Waals surface area (Å²) in [4.78, 5) is 19.5. The maximum atomic E-state index is 11.3. The van der Waals surface area contributed by atoms with Crippen molar-refractivity contribution in [3.63, 3.8) is 0 Å². The number of hydrogen-bond donors (Lipinski definition) is 0. The minimum Gasteiger partial charge on any atom is -0.271 e. The van der Waals surface area contributed by atoms with E-state index in [2.05, 4.69) is 23.8 Å². The summed E-state index contributed by atoms with van der Waals surface area (Å²) in [7, 11) is 0. The van der Waals surface area contributed by atoms with Crippen LogP contribution in [0.4, 0.5) is 0 Å². The molecule has 0 fully saturated rings. The summed E-state index contributed by atoms with van der Waals surface area (Å²) >= 11 is 0. The summed E-state index contributed by atoms with van der Waals surface area (Å²) in [5.74, 6) is 0.0230. The number of carbonyl (C=O) groups excluding carboxylic acids is 1. The van der Waals surface area contributed by atoms with Gasteiger partial charge in [-0.15, -0.1) is 0 Å². The van der Waals surface area contributed by atoms with Crippen LogP contribution in [0.25, 0.3) is 0 Å². The Morgan fingerprint density at radius 1 is 1.43 bits per heavy atom. The third kappa shape index (κ3) is 1.45. The van der Waals surface area contributed by atoms with Gasteiger partial charge in [-0.2, -0.15) is 0 Å². The second kappa shape index (κ2) is 3.33. The van der Waals surface area contributed by atoms with Crippen molar-refractivity contribution in [2.24, 2.45) is 21.8 Å². The van der Waals surface area contributed by atoms with Gasteiger partial charge in [0.15, 0.2) is 0 Å². The Labute approximate surface area is 82.9 Å². The number of aliphatic imine (C=N–C) groups is 2. The van der Waals surface area contributed by atoms with Crippen molar-refractivity contribution in [3.8, 4) is 0 Å². The van der Waals surface area contributed by atoms with E-state index in [-0.39, 0.29) is 11.8 Å². The lowest BCUT2D eigenvalue weighted by atomic mass is 9.95. The molecule has 0 aromatic rings. The first-order valence-corrected chi connectivity index (χ1v) is 4.73. The smallest absolute Gasteiger partial charge is 0.258 e. The summed E-state index contributed by atoms with van der Waals surface area (Å²) in [5, 5.41) is 0. The van der Waals surface area contributed by atoms with E-state index < -0.39 is 0 Å². The lowest BCUT2D eigenvalue weighted by Crippen LogP contribution is -2.20. The summed E-state index contributed by atoms with van der Waals surface area (Å²) in [5.41, 5.74) is 1.84. The van der Waals surface area contributed by atoms with E-state index in [0.717, 1.165) is 11.4 Å². The Kier molecular flexibility index (Phi) is 2.15. The standard InChI is InChI=1S/C11H12N2O/c1-7(2)9-4-3-8-10(13-9)5-6-12-11(8)14/h3-8H,1-2H3. The van der Waals surface area contributed by atoms with Gasteiger partial charge in [-0.3, -0.25) is 9.79 Å². The first-order valence-electron chi connectivity index (χ1n) is 4.73. The van der Waals surface area contributed by atoms with Crippen LogP contribution < -0.4 is 0 Å². The van der Waals surface area contributed by atoms with Gasteiger partial charge in [0.1, 0.15) is 5.92 Å². The van der Waals surface area contributed by atoms with Gasteiger partial charge in [-0.1, -0.05) is 19.9 Å². The second-order valence-corrected chi connectivity index (χ2v) is 3.74. The SMILES string of the molecule is CC(C)C1=NC2=CC=NC(=O)C2C=C1. The fourth-order valence-corrected chi connectivity index (χ4v) is 1.49. The molecule has 0 N–H and O–H groups in total. The molecule has 14 heavy (non-hydrogen) atoms. The third-order valence-electron chi connectivity index (χ3n) is 2.34. The molecular formula is C11H12N2O. The van der Waals surface area contributed by atoms with E-state index in [4.69, 9.17) is 0 Å². The molecule has 72 valence electrons. The highest BCUT2D eigenvalue weighted by atomic mass is 16.1. The van der Waals surface area contributed by atoms with E-state index in [1.165, 1.54) is 6.21 Å². The van der Waals surface area contributed by atoms with Gasteiger partial charge >= 0.3 is 0 Å². The number of rotatable bonds is 1. The average molecular weight is 188 g/mol. The van der Waals surface area contributed by atoms with Gasteiger partial charge in [0.25, 0.3) is 5.91 Å². The van der Waals surface area contributed by atoms with Crippen molar-refractivity contribution in [2.45, 2.75) is 13.8 Å². The van der Waals surface area contributed by atoms with E-state index in [9.17, 15) is 4.79 Å². The highest BCUT2D eigenvalue weighted by Gasteiger charge is 2.24. The molecule has 1 unspecified atom stereocenters. The van der Waals surface area contributed by atoms with Gasteiger partial charge in [0.05, 0.1) is 5.70 Å². The topological polar surface area (TPSA) is 41.8 Å². The largest absolute Gasteiger partial charge is 0.271 e. The maximum absolute atomic E-state index is 11.3. The number of carbonyl (C=O) groups is 1. The van der Waals surface area contributed by atoms with E-state index in [1.807, 2.05) is 12.2 Å². The van der Waals surface area contributed by atoms with Crippen LogP contribution in [0.15, 0.2) is 33.9 Å². The zero-order chi connectivity index (χ0) is 10.1. The molecule has 3 heteroatoms. The van der Waals surface area contributed by atoms with Gasteiger partial charge in [-0.05, 0) is 18.1 Å². The van der Waals surface area contributed by atoms with Gasteiger partial charge in [-0.25, -0.2) is 4.99 Å². The molecule has 1 amide bonds. The molecular weight excluding hydrogens is 176 g/mol. The van der Waals surface area contributed by atoms with Crippen molar-refractivity contribution >= 4 is 17.8 Å². The van der Waals surface area contributed by atoms with Crippen molar-refractivity contribution < 1.29 is 4.79 Å². The van der Waals surface area contributed by atoms with Crippen LogP contribution in [0, 0.1) is 11.8 Å². The fraction of sp³-hybridized carbons (Fsp3) is 0.364. The highest BCUT2D eigenvalue weighted by molar-refractivity contribution is 6.03. The van der Waals surface area contributed by atoms with Crippen LogP contribution in [0.3, 0.4) is 0 Å². The molecule has 0 saturated heterocycles. The molecule has 0 aromatic heterocycles. The maximum Gasteiger partial charge on any atom is 0.258 e. The van der Waals surface area contributed by atoms with Gasteiger partial charge in [0.2, 0.25) is 0 Å². The number of dihydropyridines is 2. The Morgan fingerprint density at radius 2 is 2.21 bits per heavy atom. The lowest BCUT2D eigenvalue weighted by Gasteiger charge is -2.19. The van der Waals surface area contributed by atoms with Crippen molar-refractivity contribution in [1.29, 1.82) is 0 Å². The van der Waals surface area contributed by atoms with Crippen LogP contribution in [0.2, 0.25) is 0 Å². The van der Waals surface area contributed by atoms with Crippen LogP contribution in [-0.4, -0.2) is 17.8 Å². The molecule has 2 aliphatic heterocycles. The molecule has 0 spiro atoms. The van der Waals surface area contributed by atoms with Crippen LogP contribution in [-0.2, 0) is 4.79 Å². The number of nitrogens with zero attached hydrogens (tertiary/aromatic N) is 2. The van der Waals surface area contributed by atoms with E-state index in [1.54, 1.807) is 6.08 Å². The number of amides is 1. The number of allylic oxidation sites excluding steroid dienone is 2. The van der Waals surface area contributed by atoms with Gasteiger partial charge in [0, 0.05) is 11.9 Å². The molecule has 0 aromatic carbocycles. The lowest BCUT2D eigenvalue weighted by molar-refractivity contribution is -0.119. The fourth-order valence-electron chi connectivity index (χ4n) is 1.49. The zero-order valence-corrected chi connectivity index (χ0v) is 8.27. The minimum atomic E-state index is -0.248. The third-order valence-corrected chi connectivity index (χ3v) is 2.34. The van der Waals surface area contributed by atoms with Gasteiger partial charge < -0.3 is 0 Å². The molecule has 2 rings (SSSR count). The first-order chi connectivity index (χ1) is 6.68. The molecule has 2 heterocycles. The van der Waals surface area contributed by atoms with Crippen LogP contribution >= 0.6 is 0 Å². The summed E-state index contributed by atoms with van der Waals surface area (Å²) in [6, 6.07) is 0. The Hall–Kier alpha value is -1.51. The molecule has 1 atom stereocenters. The average Bonchev–Trinajstić information content (AvgIpc) is 2.17. The quantitative estimate of drug-likeness (QED) is 0.618. The Morgan fingerprint density at radius 3 is 2.93 bits per heavy atom. The molecule has 0 radical (unpaired) electrons.